The Labute approximate surface area is 263 Å². The van der Waals surface area contributed by atoms with Crippen molar-refractivity contribution in [1.29, 1.82) is 0 Å². The molecule has 1 heterocycles. The minimum absolute atomic E-state index is 0.0746. The molecule has 0 aliphatic carbocycles. The van der Waals surface area contributed by atoms with Crippen molar-refractivity contribution in [3.05, 3.63) is 82.9 Å². The van der Waals surface area contributed by atoms with E-state index >= 15 is 0 Å². The summed E-state index contributed by atoms with van der Waals surface area (Å²) >= 11 is 0.992. The van der Waals surface area contributed by atoms with Crippen LogP contribution in [0.2, 0.25) is 0 Å². The number of nitrogens with one attached hydrogen (secondary N) is 5. The van der Waals surface area contributed by atoms with E-state index in [1.54, 1.807) is 51.1 Å². The van der Waals surface area contributed by atoms with E-state index in [1.165, 1.54) is 5.38 Å². The highest BCUT2D eigenvalue weighted by molar-refractivity contribution is 7.14. The van der Waals surface area contributed by atoms with Crippen molar-refractivity contribution in [2.45, 2.75) is 51.4 Å². The molecule has 0 aliphatic heterocycles. The number of benzene rings is 2. The number of rotatable bonds is 13. The zero-order valence-electron chi connectivity index (χ0n) is 24.8. The Morgan fingerprint density at radius 3 is 2.16 bits per heavy atom. The van der Waals surface area contributed by atoms with Crippen LogP contribution in [0.1, 0.15) is 54.8 Å². The molecule has 14 nitrogen and oxygen atoms in total. The van der Waals surface area contributed by atoms with E-state index in [0.717, 1.165) is 16.9 Å². The number of urea groups is 1. The minimum atomic E-state index is -1.66. The Bertz CT molecular complexity index is 1510. The van der Waals surface area contributed by atoms with Crippen LogP contribution in [0.15, 0.2) is 66.0 Å². The molecule has 3 rings (SSSR count). The third kappa shape index (κ3) is 11.7. The maximum atomic E-state index is 12.8. The number of hydrogen-bond donors (Lipinski definition) is 6. The number of thiazole rings is 1. The topological polar surface area (TPSA) is 205 Å². The second-order valence-corrected chi connectivity index (χ2v) is 11.5. The van der Waals surface area contributed by atoms with Crippen LogP contribution in [0.4, 0.5) is 9.93 Å². The molecule has 45 heavy (non-hydrogen) atoms. The number of amides is 5. The van der Waals surface area contributed by atoms with E-state index in [2.05, 4.69) is 31.6 Å². The maximum absolute atomic E-state index is 12.8. The van der Waals surface area contributed by atoms with E-state index in [9.17, 15) is 33.9 Å². The molecule has 0 spiro atoms. The van der Waals surface area contributed by atoms with Gasteiger partial charge in [-0.1, -0.05) is 60.7 Å². The third-order valence-corrected chi connectivity index (χ3v) is 6.52. The number of carboxylic acid groups (broad SMARTS) is 1. The van der Waals surface area contributed by atoms with E-state index in [0.29, 0.717) is 5.56 Å². The molecule has 0 fully saturated rings. The first kappa shape index (κ1) is 34.2. The van der Waals surface area contributed by atoms with Crippen molar-refractivity contribution >= 4 is 52.2 Å². The molecule has 0 saturated heterocycles. The zero-order valence-corrected chi connectivity index (χ0v) is 25.6. The summed E-state index contributed by atoms with van der Waals surface area (Å²) in [7, 11) is 0. The normalized spacial score (nSPS) is 12.2. The fraction of sp³-hybridized carbons (Fsp3) is 0.300. The molecular formula is C30H34N6O8S. The van der Waals surface area contributed by atoms with Gasteiger partial charge in [0.25, 0.3) is 5.91 Å². The highest BCUT2D eigenvalue weighted by Crippen LogP contribution is 2.19. The van der Waals surface area contributed by atoms with Gasteiger partial charge in [0.15, 0.2) is 11.2 Å². The van der Waals surface area contributed by atoms with Crippen LogP contribution in [-0.4, -0.2) is 64.0 Å². The molecule has 2 unspecified atom stereocenters. The molecule has 6 N–H and O–H groups in total. The number of esters is 1. The van der Waals surface area contributed by atoms with Crippen molar-refractivity contribution in [3.8, 4) is 0 Å². The van der Waals surface area contributed by atoms with Gasteiger partial charge in [-0.15, -0.1) is 11.3 Å². The lowest BCUT2D eigenvalue weighted by Crippen LogP contribution is -2.48. The highest BCUT2D eigenvalue weighted by atomic mass is 32.1. The summed E-state index contributed by atoms with van der Waals surface area (Å²) < 4.78 is 5.40. The standard InChI is InChI=1S/C30H34N6O8S/c1-30(2,3)44-27(42)24(19-12-8-5-9-13-19)35-22(37)14-20(26(40)41)33-23(38)16-31-25(39)21-17-45-29(34-21)36-28(43)32-15-18-10-6-4-7-11-18/h4-13,17,20,24H,14-16H2,1-3H3,(H,31,39)(H,33,38)(H,35,37)(H,40,41)(H2,32,34,36,43). The predicted molar refractivity (Wildman–Crippen MR) is 164 cm³/mol. The Morgan fingerprint density at radius 1 is 0.889 bits per heavy atom. The van der Waals surface area contributed by atoms with Gasteiger partial charge < -0.3 is 31.1 Å². The van der Waals surface area contributed by atoms with E-state index < -0.39 is 66.3 Å². The van der Waals surface area contributed by atoms with Gasteiger partial charge in [-0.25, -0.2) is 19.4 Å². The lowest BCUT2D eigenvalue weighted by atomic mass is 10.1. The molecule has 0 saturated carbocycles. The smallest absolute Gasteiger partial charge is 0.333 e. The Kier molecular flexibility index (Phi) is 12.1. The molecule has 2 atom stereocenters. The number of ether oxygens (including phenoxy) is 1. The number of aliphatic carboxylic acids is 1. The summed E-state index contributed by atoms with van der Waals surface area (Å²) in [6, 6.07) is 14.1. The van der Waals surface area contributed by atoms with Crippen LogP contribution < -0.4 is 26.6 Å². The largest absolute Gasteiger partial charge is 0.480 e. The average Bonchev–Trinajstić information content (AvgIpc) is 3.45. The number of carboxylic acids is 1. The van der Waals surface area contributed by atoms with Crippen molar-refractivity contribution in [2.75, 3.05) is 11.9 Å². The predicted octanol–water partition coefficient (Wildman–Crippen LogP) is 2.35. The van der Waals surface area contributed by atoms with E-state index in [4.69, 9.17) is 4.74 Å². The maximum Gasteiger partial charge on any atom is 0.333 e. The van der Waals surface area contributed by atoms with Gasteiger partial charge >= 0.3 is 18.0 Å². The van der Waals surface area contributed by atoms with Crippen molar-refractivity contribution in [2.24, 2.45) is 0 Å². The third-order valence-electron chi connectivity index (χ3n) is 5.77. The summed E-state index contributed by atoms with van der Waals surface area (Å²) in [4.78, 5) is 78.5. The fourth-order valence-corrected chi connectivity index (χ4v) is 4.43. The summed E-state index contributed by atoms with van der Waals surface area (Å²) in [5, 5.41) is 23.3. The molecule has 2 aromatic carbocycles. The summed E-state index contributed by atoms with van der Waals surface area (Å²) in [6.07, 6.45) is -0.700. The molecule has 0 bridgehead atoms. The fourth-order valence-electron chi connectivity index (χ4n) is 3.74. The number of aromatic nitrogens is 1. The lowest BCUT2D eigenvalue weighted by molar-refractivity contribution is -0.159. The van der Waals surface area contributed by atoms with Crippen LogP contribution >= 0.6 is 11.3 Å². The van der Waals surface area contributed by atoms with Crippen LogP contribution in [0.5, 0.6) is 0 Å². The van der Waals surface area contributed by atoms with Crippen LogP contribution in [-0.2, 0) is 30.5 Å². The van der Waals surface area contributed by atoms with Gasteiger partial charge in [0, 0.05) is 11.9 Å². The SMILES string of the molecule is CC(C)(C)OC(=O)C(NC(=O)CC(NC(=O)CNC(=O)c1csc(NC(=O)NCc2ccccc2)n1)C(=O)O)c1ccccc1. The Balaban J connectivity index is 1.50. The second-order valence-electron chi connectivity index (χ2n) is 10.6. The first-order valence-electron chi connectivity index (χ1n) is 13.7. The first-order valence-corrected chi connectivity index (χ1v) is 14.6. The number of carbonyl (C=O) groups is 6. The molecule has 0 radical (unpaired) electrons. The van der Waals surface area contributed by atoms with Gasteiger partial charge in [0.05, 0.1) is 13.0 Å². The molecular weight excluding hydrogens is 604 g/mol. The summed E-state index contributed by atoms with van der Waals surface area (Å²) in [6.45, 7) is 4.67. The number of anilines is 1. The molecule has 0 aliphatic rings. The van der Waals surface area contributed by atoms with Gasteiger partial charge in [-0.3, -0.25) is 19.7 Å². The Hall–Kier alpha value is -5.31. The zero-order chi connectivity index (χ0) is 33.0. The number of hydrogen-bond acceptors (Lipinski definition) is 9. The van der Waals surface area contributed by atoms with E-state index in [-0.39, 0.29) is 17.4 Å². The monoisotopic (exact) mass is 638 g/mol. The van der Waals surface area contributed by atoms with E-state index in [1.807, 2.05) is 30.3 Å². The molecule has 1 aromatic heterocycles. The minimum Gasteiger partial charge on any atom is -0.480 e. The number of nitrogens with zero attached hydrogens (tertiary/aromatic N) is 1. The van der Waals surface area contributed by atoms with Crippen LogP contribution in [0.25, 0.3) is 0 Å². The van der Waals surface area contributed by atoms with Gasteiger partial charge in [0.1, 0.15) is 17.3 Å². The first-order chi connectivity index (χ1) is 21.3. The quantitative estimate of drug-likeness (QED) is 0.152. The van der Waals surface area contributed by atoms with Crippen molar-refractivity contribution in [3.63, 3.8) is 0 Å². The average molecular weight is 639 g/mol. The van der Waals surface area contributed by atoms with Crippen molar-refractivity contribution in [1.82, 2.24) is 26.3 Å². The molecule has 238 valence electrons. The molecule has 3 aromatic rings. The number of carbonyl (C=O) groups excluding carboxylic acids is 5. The van der Waals surface area contributed by atoms with Gasteiger partial charge in [-0.2, -0.15) is 0 Å². The molecule has 5 amide bonds. The second kappa shape index (κ2) is 16.0. The summed E-state index contributed by atoms with van der Waals surface area (Å²) in [5.41, 5.74) is 0.402. The summed E-state index contributed by atoms with van der Waals surface area (Å²) in [5.74, 6) is -4.70. The lowest BCUT2D eigenvalue weighted by Gasteiger charge is -2.25. The van der Waals surface area contributed by atoms with Crippen LogP contribution in [0, 0.1) is 0 Å². The van der Waals surface area contributed by atoms with Gasteiger partial charge in [0.2, 0.25) is 11.8 Å². The van der Waals surface area contributed by atoms with Crippen LogP contribution in [0.3, 0.4) is 0 Å². The molecule has 15 heteroatoms. The Morgan fingerprint density at radius 2 is 1.53 bits per heavy atom. The highest BCUT2D eigenvalue weighted by Gasteiger charge is 2.30. The van der Waals surface area contributed by atoms with Crippen molar-refractivity contribution < 1.29 is 38.6 Å². The van der Waals surface area contributed by atoms with Gasteiger partial charge in [-0.05, 0) is 31.9 Å².